The molecule has 5 rings (SSSR count). The fourth-order valence-electron chi connectivity index (χ4n) is 3.49. The van der Waals surface area contributed by atoms with Gasteiger partial charge in [0.15, 0.2) is 0 Å². The average Bonchev–Trinajstić information content (AvgIpc) is 3.14. The van der Waals surface area contributed by atoms with Gasteiger partial charge in [0.05, 0.1) is 22.8 Å². The molecule has 0 spiro atoms. The van der Waals surface area contributed by atoms with Crippen LogP contribution < -0.4 is 4.98 Å². The number of amides is 2. The molecule has 1 aliphatic heterocycles. The van der Waals surface area contributed by atoms with Gasteiger partial charge < -0.3 is 21.9 Å². The van der Waals surface area contributed by atoms with E-state index in [2.05, 4.69) is 9.97 Å². The average molecular weight is 461 g/mol. The van der Waals surface area contributed by atoms with Gasteiger partial charge in [0.25, 0.3) is 11.8 Å². The molecule has 0 unspecified atom stereocenters. The minimum Gasteiger partial charge on any atom is -0.655 e. The maximum Gasteiger partial charge on any atom is 2.00 e. The minimum absolute atomic E-state index is 0. The zero-order valence-electron chi connectivity index (χ0n) is 14.2. The summed E-state index contributed by atoms with van der Waals surface area (Å²) in [7, 11) is 1.38. The van der Waals surface area contributed by atoms with E-state index in [0.29, 0.717) is 27.3 Å². The van der Waals surface area contributed by atoms with Gasteiger partial charge in [-0.25, -0.2) is 4.39 Å². The fourth-order valence-corrected chi connectivity index (χ4v) is 3.49. The molecule has 2 aromatic heterocycles. The van der Waals surface area contributed by atoms with E-state index >= 15 is 0 Å². The van der Waals surface area contributed by atoms with Gasteiger partial charge in [-0.05, 0) is 29.0 Å². The predicted octanol–water partition coefficient (Wildman–Crippen LogP) is 2.66. The molecule has 0 aliphatic carbocycles. The molecule has 0 saturated carbocycles. The maximum atomic E-state index is 13.8. The first-order valence-electron chi connectivity index (χ1n) is 7.72. The first kappa shape index (κ1) is 19.4. The molecule has 28 heavy (non-hydrogen) atoms. The van der Waals surface area contributed by atoms with Crippen molar-refractivity contribution >= 4 is 44.5 Å². The standard InChI is InChI=1S/C18H10FN3O3.CN.Ru/c1-22-17(24)13-10-4-7(19)6-20-15(10)16-12(14(13)18(22)25)9-5-8(23)2-3-11(9)21-16;1-2;/h2-6H,1H3,(H2,20,21,23,24,25);;/q;-1;+2/p-1. The number of carbonyl (C=O) groups excluding carboxylic acids is 2. The van der Waals surface area contributed by atoms with Crippen LogP contribution in [0.15, 0.2) is 30.5 Å². The number of pyridine rings is 1. The van der Waals surface area contributed by atoms with Crippen molar-refractivity contribution in [3.8, 4) is 5.75 Å². The molecule has 4 aromatic rings. The summed E-state index contributed by atoms with van der Waals surface area (Å²) in [5, 5.41) is 17.3. The van der Waals surface area contributed by atoms with Crippen LogP contribution in [0.3, 0.4) is 0 Å². The quantitative estimate of drug-likeness (QED) is 0.245. The van der Waals surface area contributed by atoms with E-state index in [1.54, 1.807) is 6.07 Å². The number of phenolic OH excluding ortho intramolecular Hbond substituents is 1. The van der Waals surface area contributed by atoms with Gasteiger partial charge in [-0.2, -0.15) is 0 Å². The van der Waals surface area contributed by atoms with Crippen LogP contribution in [0.5, 0.6) is 5.75 Å². The summed E-state index contributed by atoms with van der Waals surface area (Å²) in [6.07, 6.45) is 1.05. The number of nitrogens with zero attached hydrogens (tertiary/aromatic N) is 4. The Morgan fingerprint density at radius 3 is 2.54 bits per heavy atom. The Morgan fingerprint density at radius 2 is 1.82 bits per heavy atom. The van der Waals surface area contributed by atoms with Gasteiger partial charge in [-0.1, -0.05) is 6.07 Å². The molecule has 7 nitrogen and oxygen atoms in total. The monoisotopic (exact) mass is 462 g/mol. The first-order chi connectivity index (χ1) is 13.0. The summed E-state index contributed by atoms with van der Waals surface area (Å²) in [5.74, 6) is -1.56. The predicted molar refractivity (Wildman–Crippen MR) is 93.1 cm³/mol. The second kappa shape index (κ2) is 6.66. The molecule has 138 valence electrons. The zero-order valence-corrected chi connectivity index (χ0v) is 15.9. The van der Waals surface area contributed by atoms with Crippen LogP contribution in [0.1, 0.15) is 20.7 Å². The number of carbonyl (C=O) groups is 2. The number of rotatable bonds is 0. The third-order valence-corrected chi connectivity index (χ3v) is 4.60. The summed E-state index contributed by atoms with van der Waals surface area (Å²) < 4.78 is 13.8. The van der Waals surface area contributed by atoms with Gasteiger partial charge >= 0.3 is 19.5 Å². The van der Waals surface area contributed by atoms with Crippen LogP contribution in [0, 0.1) is 17.7 Å². The van der Waals surface area contributed by atoms with Crippen LogP contribution in [0.4, 0.5) is 4.39 Å². The molecule has 0 radical (unpaired) electrons. The number of hydrogen-bond acceptors (Lipinski definition) is 5. The molecule has 0 atom stereocenters. The number of imide groups is 1. The van der Waals surface area contributed by atoms with E-state index in [9.17, 15) is 19.1 Å². The van der Waals surface area contributed by atoms with Crippen LogP contribution >= 0.6 is 0 Å². The molecule has 2 aromatic carbocycles. The number of hydrogen-bond donors (Lipinski definition) is 1. The zero-order chi connectivity index (χ0) is 19.5. The first-order valence-corrected chi connectivity index (χ1v) is 7.72. The molecule has 2 amide bonds. The molecule has 1 N–H and O–H groups in total. The maximum absolute atomic E-state index is 13.8. The topological polar surface area (TPSA) is 108 Å². The Morgan fingerprint density at radius 1 is 1.14 bits per heavy atom. The van der Waals surface area contributed by atoms with Crippen molar-refractivity contribution in [1.29, 1.82) is 5.26 Å². The third-order valence-electron chi connectivity index (χ3n) is 4.60. The van der Waals surface area contributed by atoms with E-state index < -0.39 is 17.6 Å². The van der Waals surface area contributed by atoms with Gasteiger partial charge in [0.2, 0.25) is 0 Å². The van der Waals surface area contributed by atoms with E-state index in [0.717, 1.165) is 11.1 Å². The van der Waals surface area contributed by atoms with Gasteiger partial charge in [0, 0.05) is 12.4 Å². The van der Waals surface area contributed by atoms with E-state index in [1.807, 2.05) is 0 Å². The molecule has 1 aliphatic rings. The number of benzene rings is 2. The van der Waals surface area contributed by atoms with Crippen LogP contribution in [-0.4, -0.2) is 33.9 Å². The number of halogens is 1. The number of aromatic hydroxyl groups is 1. The minimum atomic E-state index is -0.599. The summed E-state index contributed by atoms with van der Waals surface area (Å²) in [5.41, 5.74) is 1.62. The Labute approximate surface area is 170 Å². The molecule has 0 fully saturated rings. The Balaban J connectivity index is 0.000000728. The van der Waals surface area contributed by atoms with E-state index in [1.165, 1.54) is 25.2 Å². The Bertz CT molecular complexity index is 1330. The van der Waals surface area contributed by atoms with Crippen LogP contribution in [-0.2, 0) is 19.5 Å². The smallest absolute Gasteiger partial charge is 0.655 e. The third kappa shape index (κ3) is 2.39. The molecule has 3 heterocycles. The Kier molecular flexibility index (Phi) is 4.61. The van der Waals surface area contributed by atoms with E-state index in [-0.39, 0.29) is 41.7 Å². The molecular weight excluding hydrogens is 452 g/mol. The van der Waals surface area contributed by atoms with Gasteiger partial charge in [-0.3, -0.25) is 19.5 Å². The number of fused-ring (bicyclic) bond motifs is 8. The van der Waals surface area contributed by atoms with E-state index in [4.69, 9.17) is 11.8 Å². The van der Waals surface area contributed by atoms with Crippen molar-refractivity contribution in [2.45, 2.75) is 0 Å². The van der Waals surface area contributed by atoms with Crippen molar-refractivity contribution in [2.75, 3.05) is 7.05 Å². The largest absolute Gasteiger partial charge is 2.00 e. The second-order valence-electron chi connectivity index (χ2n) is 6.01. The normalized spacial score (nSPS) is 12.8. The molecular formula is C19H9FN4O3Ru. The summed E-state index contributed by atoms with van der Waals surface area (Å²) >= 11 is 0. The van der Waals surface area contributed by atoms with Crippen molar-refractivity contribution in [3.05, 3.63) is 54.0 Å². The second-order valence-corrected chi connectivity index (χ2v) is 6.01. The fraction of sp³-hybridized carbons (Fsp3) is 0.0526. The summed E-state index contributed by atoms with van der Waals surface area (Å²) in [6, 6.07) is 5.80. The van der Waals surface area contributed by atoms with Crippen LogP contribution in [0.25, 0.3) is 32.7 Å². The van der Waals surface area contributed by atoms with Crippen molar-refractivity contribution in [1.82, 2.24) is 14.9 Å². The summed E-state index contributed by atoms with van der Waals surface area (Å²) in [4.78, 5) is 34.9. The molecule has 0 bridgehead atoms. The number of aromatic nitrogens is 2. The SMILES string of the molecule is CN1C(=O)c2c(c3c4cc(O)ccc4[n-]c3c3ncc(F)cc23)C1=O.[C-]#N.[Ru+2]. The van der Waals surface area contributed by atoms with Crippen molar-refractivity contribution < 1.29 is 38.6 Å². The van der Waals surface area contributed by atoms with Gasteiger partial charge in [-0.15, -0.1) is 11.0 Å². The molecule has 9 heteroatoms. The number of phenols is 1. The van der Waals surface area contributed by atoms with Gasteiger partial charge in [0.1, 0.15) is 11.6 Å². The van der Waals surface area contributed by atoms with Crippen molar-refractivity contribution in [3.63, 3.8) is 0 Å². The van der Waals surface area contributed by atoms with Crippen molar-refractivity contribution in [2.24, 2.45) is 0 Å². The Hall–Kier alpha value is -3.37. The summed E-state index contributed by atoms with van der Waals surface area (Å²) in [6.45, 7) is 4.75. The van der Waals surface area contributed by atoms with Crippen LogP contribution in [0.2, 0.25) is 0 Å². The molecule has 0 saturated heterocycles.